The van der Waals surface area contributed by atoms with E-state index in [0.717, 1.165) is 5.56 Å². The first-order valence-corrected chi connectivity index (χ1v) is 6.49. The molecule has 2 aromatic rings. The van der Waals surface area contributed by atoms with Crippen LogP contribution in [0.5, 0.6) is 0 Å². The zero-order valence-corrected chi connectivity index (χ0v) is 11.9. The fourth-order valence-corrected chi connectivity index (χ4v) is 1.72. The van der Waals surface area contributed by atoms with Gasteiger partial charge in [0.2, 0.25) is 11.6 Å². The lowest BCUT2D eigenvalue weighted by molar-refractivity contribution is 0.411. The molecule has 1 N–H and O–H groups in total. The summed E-state index contributed by atoms with van der Waals surface area (Å²) in [7, 11) is 0. The van der Waals surface area contributed by atoms with Crippen LogP contribution in [0.25, 0.3) is 0 Å². The highest BCUT2D eigenvalue weighted by molar-refractivity contribution is 5.80. The summed E-state index contributed by atoms with van der Waals surface area (Å²) in [5, 5.41) is 3.57. The zero-order chi connectivity index (χ0) is 16.3. The minimum absolute atomic E-state index is 0.370. The number of hydrogen-bond donors (Lipinski definition) is 1. The molecule has 0 amide bonds. The fourth-order valence-electron chi connectivity index (χ4n) is 1.72. The Kier molecular flexibility index (Phi) is 4.75. The molecule has 1 aromatic heterocycles. The van der Waals surface area contributed by atoms with Gasteiger partial charge in [-0.1, -0.05) is 38.1 Å². The Morgan fingerprint density at radius 1 is 1.00 bits per heavy atom. The molecule has 0 fully saturated rings. The van der Waals surface area contributed by atoms with Crippen LogP contribution in [0.3, 0.4) is 0 Å². The molecule has 1 aromatic carbocycles. The molecule has 1 heterocycles. The maximum atomic E-state index is 13.3. The maximum Gasteiger partial charge on any atom is 0.254 e. The van der Waals surface area contributed by atoms with Crippen LogP contribution in [-0.4, -0.2) is 11.2 Å². The van der Waals surface area contributed by atoms with Gasteiger partial charge in [0.05, 0.1) is 6.21 Å². The van der Waals surface area contributed by atoms with Gasteiger partial charge in [-0.15, -0.1) is 0 Å². The van der Waals surface area contributed by atoms with Gasteiger partial charge in [0.25, 0.3) is 11.9 Å². The number of hydrogen-bond acceptors (Lipinski definition) is 3. The summed E-state index contributed by atoms with van der Waals surface area (Å²) in [5.74, 6) is -6.37. The molecule has 0 atom stereocenters. The minimum Gasteiger partial charge on any atom is -0.272 e. The number of rotatable bonds is 4. The second kappa shape index (κ2) is 6.55. The Morgan fingerprint density at radius 3 is 2.05 bits per heavy atom. The van der Waals surface area contributed by atoms with Gasteiger partial charge in [0.15, 0.2) is 0 Å². The van der Waals surface area contributed by atoms with Crippen LogP contribution in [0.4, 0.5) is 23.2 Å². The summed E-state index contributed by atoms with van der Waals surface area (Å²) >= 11 is 0. The lowest BCUT2D eigenvalue weighted by atomic mass is 10.0. The summed E-state index contributed by atoms with van der Waals surface area (Å²) in [4.78, 5) is 2.45. The van der Waals surface area contributed by atoms with Gasteiger partial charge in [-0.05, 0) is 17.0 Å². The molecule has 2 rings (SSSR count). The van der Waals surface area contributed by atoms with Crippen molar-refractivity contribution in [3.8, 4) is 0 Å². The molecule has 0 aliphatic carbocycles. The summed E-state index contributed by atoms with van der Waals surface area (Å²) in [5.41, 5.74) is 2.71. The van der Waals surface area contributed by atoms with E-state index >= 15 is 0 Å². The van der Waals surface area contributed by atoms with E-state index in [1.807, 2.05) is 31.4 Å². The van der Waals surface area contributed by atoms with Gasteiger partial charge < -0.3 is 0 Å². The first-order valence-electron chi connectivity index (χ1n) is 6.49. The van der Waals surface area contributed by atoms with Crippen molar-refractivity contribution < 1.29 is 17.6 Å². The number of nitrogens with zero attached hydrogens (tertiary/aromatic N) is 2. The van der Waals surface area contributed by atoms with Crippen molar-refractivity contribution in [2.75, 3.05) is 5.43 Å². The molecule has 0 saturated carbocycles. The summed E-state index contributed by atoms with van der Waals surface area (Å²) < 4.78 is 52.5. The van der Waals surface area contributed by atoms with E-state index < -0.39 is 29.2 Å². The van der Waals surface area contributed by atoms with E-state index in [-0.39, 0.29) is 0 Å². The Hall–Kier alpha value is -2.44. The first kappa shape index (κ1) is 15.9. The van der Waals surface area contributed by atoms with E-state index in [4.69, 9.17) is 0 Å². The number of pyridine rings is 1. The molecule has 3 nitrogen and oxygen atoms in total. The molecule has 22 heavy (non-hydrogen) atoms. The average Bonchev–Trinajstić information content (AvgIpc) is 2.49. The molecule has 116 valence electrons. The topological polar surface area (TPSA) is 37.3 Å². The molecule has 0 bridgehead atoms. The number of nitrogens with one attached hydrogen (secondary N) is 1. The summed E-state index contributed by atoms with van der Waals surface area (Å²) in [6.45, 7) is 4.09. The second-order valence-electron chi connectivity index (χ2n) is 4.89. The van der Waals surface area contributed by atoms with Gasteiger partial charge in [0.1, 0.15) is 5.69 Å². The lowest BCUT2D eigenvalue weighted by Crippen LogP contribution is -2.05. The fraction of sp³-hybridized carbons (Fsp3) is 0.200. The van der Waals surface area contributed by atoms with Crippen molar-refractivity contribution in [2.24, 2.45) is 5.10 Å². The lowest BCUT2D eigenvalue weighted by Gasteiger charge is -2.06. The van der Waals surface area contributed by atoms with Crippen molar-refractivity contribution in [3.63, 3.8) is 0 Å². The standard InChI is InChI=1S/C15H13F4N3/c1-8(2)10-5-3-9(4-6-10)7-20-22-13-11(16)14(18)21-15(19)12(13)17/h3-8H,1-2H3,(H,21,22)/b20-7+. The van der Waals surface area contributed by atoms with E-state index in [1.54, 1.807) is 12.1 Å². The van der Waals surface area contributed by atoms with Gasteiger partial charge in [-0.2, -0.15) is 27.6 Å². The highest BCUT2D eigenvalue weighted by Crippen LogP contribution is 2.21. The molecule has 0 aliphatic heterocycles. The van der Waals surface area contributed by atoms with Crippen molar-refractivity contribution >= 4 is 11.9 Å². The van der Waals surface area contributed by atoms with E-state index in [0.29, 0.717) is 11.5 Å². The Balaban J connectivity index is 2.16. The number of anilines is 1. The van der Waals surface area contributed by atoms with Crippen LogP contribution in [0.15, 0.2) is 29.4 Å². The molecular weight excluding hydrogens is 298 g/mol. The zero-order valence-electron chi connectivity index (χ0n) is 11.9. The smallest absolute Gasteiger partial charge is 0.254 e. The predicted molar refractivity (Wildman–Crippen MR) is 75.8 cm³/mol. The average molecular weight is 311 g/mol. The monoisotopic (exact) mass is 311 g/mol. The first-order chi connectivity index (χ1) is 10.4. The van der Waals surface area contributed by atoms with Gasteiger partial charge >= 0.3 is 0 Å². The molecule has 0 spiro atoms. The second-order valence-corrected chi connectivity index (χ2v) is 4.89. The number of hydrazone groups is 1. The SMILES string of the molecule is CC(C)c1ccc(/C=N/Nc2c(F)c(F)nc(F)c2F)cc1. The number of benzene rings is 1. The van der Waals surface area contributed by atoms with E-state index in [9.17, 15) is 17.6 Å². The third-order valence-electron chi connectivity index (χ3n) is 2.99. The normalized spacial score (nSPS) is 11.4. The van der Waals surface area contributed by atoms with Crippen LogP contribution in [0, 0.1) is 23.5 Å². The van der Waals surface area contributed by atoms with Crippen LogP contribution >= 0.6 is 0 Å². The molecule has 0 radical (unpaired) electrons. The highest BCUT2D eigenvalue weighted by Gasteiger charge is 2.20. The Bertz CT molecular complexity index is 671. The van der Waals surface area contributed by atoms with Crippen LogP contribution in [0.2, 0.25) is 0 Å². The molecule has 0 unspecified atom stereocenters. The highest BCUT2D eigenvalue weighted by atomic mass is 19.2. The molecule has 0 saturated heterocycles. The van der Waals surface area contributed by atoms with Crippen molar-refractivity contribution in [1.29, 1.82) is 0 Å². The van der Waals surface area contributed by atoms with Gasteiger partial charge in [-0.25, -0.2) is 0 Å². The van der Waals surface area contributed by atoms with Crippen molar-refractivity contribution in [2.45, 2.75) is 19.8 Å². The number of aromatic nitrogens is 1. The third-order valence-corrected chi connectivity index (χ3v) is 2.99. The van der Waals surface area contributed by atoms with Crippen LogP contribution in [0.1, 0.15) is 30.9 Å². The van der Waals surface area contributed by atoms with E-state index in [2.05, 4.69) is 10.1 Å². The number of halogens is 4. The van der Waals surface area contributed by atoms with Gasteiger partial charge in [0, 0.05) is 0 Å². The predicted octanol–water partition coefficient (Wildman–Crippen LogP) is 4.21. The van der Waals surface area contributed by atoms with Crippen molar-refractivity contribution in [1.82, 2.24) is 4.98 Å². The summed E-state index contributed by atoms with van der Waals surface area (Å²) in [6, 6.07) is 7.31. The van der Waals surface area contributed by atoms with Gasteiger partial charge in [-0.3, -0.25) is 5.43 Å². The maximum absolute atomic E-state index is 13.3. The van der Waals surface area contributed by atoms with E-state index in [1.165, 1.54) is 6.21 Å². The Labute approximate surface area is 124 Å². The quantitative estimate of drug-likeness (QED) is 0.397. The Morgan fingerprint density at radius 2 is 1.55 bits per heavy atom. The third kappa shape index (κ3) is 3.41. The van der Waals surface area contributed by atoms with Crippen LogP contribution in [-0.2, 0) is 0 Å². The summed E-state index contributed by atoms with van der Waals surface area (Å²) in [6.07, 6.45) is 1.28. The minimum atomic E-state index is -1.74. The van der Waals surface area contributed by atoms with Crippen LogP contribution < -0.4 is 5.43 Å². The molecule has 0 aliphatic rings. The molecule has 7 heteroatoms. The molecular formula is C15H13F4N3. The van der Waals surface area contributed by atoms with Crippen molar-refractivity contribution in [3.05, 3.63) is 58.9 Å². The largest absolute Gasteiger partial charge is 0.272 e.